The number of nitrogens with one attached hydrogen (secondary N) is 1. The average Bonchev–Trinajstić information content (AvgIpc) is 2.22. The van der Waals surface area contributed by atoms with Crippen LogP contribution in [0.4, 0.5) is 5.69 Å². The number of benzene rings is 1. The van der Waals surface area contributed by atoms with Gasteiger partial charge in [-0.2, -0.15) is 0 Å². The number of aryl methyl sites for hydroxylation is 2. The molecule has 1 rings (SSSR count). The molecule has 88 valence electrons. The van der Waals surface area contributed by atoms with Crippen LogP contribution >= 0.6 is 0 Å². The minimum absolute atomic E-state index is 0.0407. The molecule has 0 aliphatic heterocycles. The highest BCUT2D eigenvalue weighted by atomic mass is 16.1. The molecule has 1 aromatic rings. The zero-order valence-electron chi connectivity index (χ0n) is 10.8. The summed E-state index contributed by atoms with van der Waals surface area (Å²) >= 11 is 0. The lowest BCUT2D eigenvalue weighted by atomic mass is 9.97. The van der Waals surface area contributed by atoms with E-state index in [0.29, 0.717) is 5.92 Å². The fraction of sp³-hybridized carbons (Fsp3) is 0.500. The van der Waals surface area contributed by atoms with Gasteiger partial charge in [0.2, 0.25) is 5.91 Å². The second-order valence-electron chi connectivity index (χ2n) is 4.79. The third kappa shape index (κ3) is 2.84. The van der Waals surface area contributed by atoms with Gasteiger partial charge in [0.1, 0.15) is 0 Å². The van der Waals surface area contributed by atoms with Crippen molar-refractivity contribution in [1.82, 2.24) is 0 Å². The Morgan fingerprint density at radius 1 is 1.12 bits per heavy atom. The van der Waals surface area contributed by atoms with Crippen LogP contribution in [-0.2, 0) is 4.79 Å². The molecule has 0 fully saturated rings. The lowest BCUT2D eigenvalue weighted by molar-refractivity contribution is -0.120. The van der Waals surface area contributed by atoms with E-state index in [2.05, 4.69) is 19.2 Å². The van der Waals surface area contributed by atoms with Gasteiger partial charge in [0.05, 0.1) is 0 Å². The Balaban J connectivity index is 2.85. The summed E-state index contributed by atoms with van der Waals surface area (Å²) in [5, 5.41) is 3.02. The average molecular weight is 219 g/mol. The van der Waals surface area contributed by atoms with Gasteiger partial charge in [0, 0.05) is 11.6 Å². The molecule has 0 aliphatic carbocycles. The van der Waals surface area contributed by atoms with Crippen LogP contribution < -0.4 is 5.32 Å². The number of rotatable bonds is 3. The standard InChI is InChI=1S/C14H21NO/c1-9(2)12(5)14(16)15-13-10(3)7-6-8-11(13)4/h6-9,12H,1-5H3,(H,15,16). The van der Waals surface area contributed by atoms with Crippen LogP contribution in [-0.4, -0.2) is 5.91 Å². The number of carbonyl (C=O) groups excluding carboxylic acids is 1. The van der Waals surface area contributed by atoms with Gasteiger partial charge in [-0.25, -0.2) is 0 Å². The van der Waals surface area contributed by atoms with E-state index in [1.165, 1.54) is 0 Å². The topological polar surface area (TPSA) is 29.1 Å². The predicted molar refractivity (Wildman–Crippen MR) is 68.5 cm³/mol. The van der Waals surface area contributed by atoms with Crippen LogP contribution in [0.5, 0.6) is 0 Å². The summed E-state index contributed by atoms with van der Waals surface area (Å²) in [5.74, 6) is 0.510. The van der Waals surface area contributed by atoms with Gasteiger partial charge in [0.25, 0.3) is 0 Å². The SMILES string of the molecule is Cc1cccc(C)c1NC(=O)C(C)C(C)C. The minimum Gasteiger partial charge on any atom is -0.325 e. The van der Waals surface area contributed by atoms with Crippen molar-refractivity contribution in [1.29, 1.82) is 0 Å². The molecular formula is C14H21NO. The Hall–Kier alpha value is -1.31. The first-order valence-electron chi connectivity index (χ1n) is 5.80. The van der Waals surface area contributed by atoms with Crippen molar-refractivity contribution < 1.29 is 4.79 Å². The molecule has 1 aromatic carbocycles. The van der Waals surface area contributed by atoms with E-state index in [9.17, 15) is 4.79 Å². The molecule has 0 saturated carbocycles. The van der Waals surface area contributed by atoms with E-state index in [0.717, 1.165) is 16.8 Å². The summed E-state index contributed by atoms with van der Waals surface area (Å²) in [6.07, 6.45) is 0. The number of hydrogen-bond donors (Lipinski definition) is 1. The monoisotopic (exact) mass is 219 g/mol. The van der Waals surface area contributed by atoms with E-state index >= 15 is 0 Å². The summed E-state index contributed by atoms with van der Waals surface area (Å²) in [7, 11) is 0. The normalized spacial score (nSPS) is 12.6. The molecule has 1 N–H and O–H groups in total. The first-order valence-corrected chi connectivity index (χ1v) is 5.80. The van der Waals surface area contributed by atoms with E-state index in [1.807, 2.05) is 39.0 Å². The van der Waals surface area contributed by atoms with Gasteiger partial charge in [0.15, 0.2) is 0 Å². The van der Waals surface area contributed by atoms with Crippen LogP contribution in [0.2, 0.25) is 0 Å². The molecule has 2 heteroatoms. The van der Waals surface area contributed by atoms with Crippen LogP contribution in [0.25, 0.3) is 0 Å². The zero-order chi connectivity index (χ0) is 12.3. The molecule has 1 atom stereocenters. The molecule has 16 heavy (non-hydrogen) atoms. The van der Waals surface area contributed by atoms with E-state index in [-0.39, 0.29) is 11.8 Å². The highest BCUT2D eigenvalue weighted by molar-refractivity contribution is 5.93. The van der Waals surface area contributed by atoms with Gasteiger partial charge in [-0.05, 0) is 30.9 Å². The van der Waals surface area contributed by atoms with E-state index < -0.39 is 0 Å². The number of carbonyl (C=O) groups is 1. The highest BCUT2D eigenvalue weighted by Crippen LogP contribution is 2.21. The van der Waals surface area contributed by atoms with Crippen molar-refractivity contribution in [3.05, 3.63) is 29.3 Å². The number of amides is 1. The molecule has 0 aromatic heterocycles. The number of para-hydroxylation sites is 1. The fourth-order valence-corrected chi connectivity index (χ4v) is 1.55. The van der Waals surface area contributed by atoms with Gasteiger partial charge >= 0.3 is 0 Å². The summed E-state index contributed by atoms with van der Waals surface area (Å²) in [4.78, 5) is 11.9. The number of hydrogen-bond acceptors (Lipinski definition) is 1. The molecular weight excluding hydrogens is 198 g/mol. The molecule has 0 bridgehead atoms. The summed E-state index contributed by atoms with van der Waals surface area (Å²) in [6.45, 7) is 10.1. The summed E-state index contributed by atoms with van der Waals surface area (Å²) in [5.41, 5.74) is 3.19. The van der Waals surface area contributed by atoms with Crippen molar-refractivity contribution in [2.75, 3.05) is 5.32 Å². The first kappa shape index (κ1) is 12.8. The maximum atomic E-state index is 11.9. The van der Waals surface area contributed by atoms with Crippen molar-refractivity contribution in [2.24, 2.45) is 11.8 Å². The molecule has 2 nitrogen and oxygen atoms in total. The summed E-state index contributed by atoms with van der Waals surface area (Å²) in [6, 6.07) is 6.04. The van der Waals surface area contributed by atoms with E-state index in [4.69, 9.17) is 0 Å². The third-order valence-electron chi connectivity index (χ3n) is 3.14. The molecule has 0 heterocycles. The summed E-state index contributed by atoms with van der Waals surface area (Å²) < 4.78 is 0. The Morgan fingerprint density at radius 2 is 1.62 bits per heavy atom. The van der Waals surface area contributed by atoms with Crippen LogP contribution in [0.3, 0.4) is 0 Å². The third-order valence-corrected chi connectivity index (χ3v) is 3.14. The molecule has 1 amide bonds. The number of anilines is 1. The predicted octanol–water partition coefficient (Wildman–Crippen LogP) is 3.53. The smallest absolute Gasteiger partial charge is 0.227 e. The quantitative estimate of drug-likeness (QED) is 0.827. The van der Waals surface area contributed by atoms with Gasteiger partial charge in [-0.15, -0.1) is 0 Å². The van der Waals surface area contributed by atoms with Crippen LogP contribution in [0.1, 0.15) is 31.9 Å². The van der Waals surface area contributed by atoms with E-state index in [1.54, 1.807) is 0 Å². The Morgan fingerprint density at radius 3 is 2.06 bits per heavy atom. The second kappa shape index (κ2) is 5.15. The Kier molecular flexibility index (Phi) is 4.11. The maximum absolute atomic E-state index is 11.9. The van der Waals surface area contributed by atoms with Gasteiger partial charge in [-0.3, -0.25) is 4.79 Å². The van der Waals surface area contributed by atoms with Gasteiger partial charge < -0.3 is 5.32 Å². The first-order chi connectivity index (χ1) is 7.43. The van der Waals surface area contributed by atoms with Crippen molar-refractivity contribution in [2.45, 2.75) is 34.6 Å². The van der Waals surface area contributed by atoms with Crippen molar-refractivity contribution in [3.8, 4) is 0 Å². The van der Waals surface area contributed by atoms with Crippen molar-refractivity contribution >= 4 is 11.6 Å². The van der Waals surface area contributed by atoms with Crippen LogP contribution in [0, 0.1) is 25.7 Å². The maximum Gasteiger partial charge on any atom is 0.227 e. The van der Waals surface area contributed by atoms with Crippen LogP contribution in [0.15, 0.2) is 18.2 Å². The Bertz CT molecular complexity index is 362. The molecule has 0 spiro atoms. The molecule has 0 saturated heterocycles. The molecule has 0 aliphatic rings. The lowest BCUT2D eigenvalue weighted by Gasteiger charge is -2.17. The second-order valence-corrected chi connectivity index (χ2v) is 4.79. The highest BCUT2D eigenvalue weighted by Gasteiger charge is 2.17. The largest absolute Gasteiger partial charge is 0.325 e. The zero-order valence-corrected chi connectivity index (χ0v) is 10.8. The fourth-order valence-electron chi connectivity index (χ4n) is 1.55. The Labute approximate surface area is 98.1 Å². The molecule has 0 radical (unpaired) electrons. The lowest BCUT2D eigenvalue weighted by Crippen LogP contribution is -2.25. The van der Waals surface area contributed by atoms with Gasteiger partial charge in [-0.1, -0.05) is 39.0 Å². The minimum atomic E-state index is 0.0407. The molecule has 1 unspecified atom stereocenters. The van der Waals surface area contributed by atoms with Crippen molar-refractivity contribution in [3.63, 3.8) is 0 Å².